The molecule has 0 aliphatic rings. The van der Waals surface area contributed by atoms with Gasteiger partial charge in [0.05, 0.1) is 14.5 Å². The molecule has 0 amide bonds. The summed E-state index contributed by atoms with van der Waals surface area (Å²) in [5.41, 5.74) is 6.57. The molecule has 5 nitrogen and oxygen atoms in total. The van der Waals surface area contributed by atoms with E-state index in [1.54, 1.807) is 6.20 Å². The fraction of sp³-hybridized carbons (Fsp3) is 0.400. The first-order valence-electron chi connectivity index (χ1n) is 9.52. The van der Waals surface area contributed by atoms with Gasteiger partial charge >= 0.3 is 0 Å². The predicted molar refractivity (Wildman–Crippen MR) is 131 cm³/mol. The number of nitrogens with zero attached hydrogens (tertiary/aromatic N) is 2. The molecule has 0 atom stereocenters. The number of anilines is 1. The lowest BCUT2D eigenvalue weighted by atomic mass is 10.2. The minimum atomic E-state index is 0.553. The first-order chi connectivity index (χ1) is 14.0. The van der Waals surface area contributed by atoms with Crippen LogP contribution in [0.1, 0.15) is 24.8 Å². The third-order valence-electron chi connectivity index (χ3n) is 4.20. The summed E-state index contributed by atoms with van der Waals surface area (Å²) in [5, 5.41) is 8.24. The van der Waals surface area contributed by atoms with E-state index in [2.05, 4.69) is 36.4 Å². The Labute approximate surface area is 196 Å². The Kier molecular flexibility index (Phi) is 11.0. The molecule has 0 bridgehead atoms. The Morgan fingerprint density at radius 1 is 1.10 bits per heavy atom. The average molecular weight is 519 g/mol. The molecule has 158 valence electrons. The van der Waals surface area contributed by atoms with Gasteiger partial charge in [-0.2, -0.15) is 0 Å². The number of nitrogens with two attached hydrogens (primary N) is 1. The van der Waals surface area contributed by atoms with E-state index in [-0.39, 0.29) is 0 Å². The molecule has 0 aliphatic heterocycles. The fourth-order valence-corrected chi connectivity index (χ4v) is 3.76. The van der Waals surface area contributed by atoms with Crippen molar-refractivity contribution in [3.63, 3.8) is 0 Å². The number of thiocarbonyl (C=S) groups is 1. The third-order valence-corrected chi connectivity index (χ3v) is 5.85. The highest BCUT2D eigenvalue weighted by molar-refractivity contribution is 9.10. The van der Waals surface area contributed by atoms with Crippen LogP contribution in [0.25, 0.3) is 0 Å². The van der Waals surface area contributed by atoms with Crippen molar-refractivity contribution in [3.8, 4) is 0 Å². The van der Waals surface area contributed by atoms with Gasteiger partial charge in [0, 0.05) is 32.4 Å². The van der Waals surface area contributed by atoms with Crippen LogP contribution in [0.2, 0.25) is 10.0 Å². The molecule has 2 rings (SSSR count). The van der Waals surface area contributed by atoms with Crippen molar-refractivity contribution in [2.45, 2.75) is 25.8 Å². The highest BCUT2D eigenvalue weighted by Crippen LogP contribution is 2.27. The molecule has 0 radical (unpaired) electrons. The smallest absolute Gasteiger partial charge is 0.166 e. The number of benzene rings is 1. The summed E-state index contributed by atoms with van der Waals surface area (Å²) < 4.78 is 0.949. The van der Waals surface area contributed by atoms with E-state index in [9.17, 15) is 0 Å². The molecular weight excluding hydrogens is 493 g/mol. The van der Waals surface area contributed by atoms with E-state index in [4.69, 9.17) is 41.2 Å². The van der Waals surface area contributed by atoms with Crippen molar-refractivity contribution in [2.24, 2.45) is 5.73 Å². The molecule has 0 fully saturated rings. The van der Waals surface area contributed by atoms with Gasteiger partial charge in [-0.05, 0) is 83.8 Å². The lowest BCUT2D eigenvalue weighted by Crippen LogP contribution is -2.37. The summed E-state index contributed by atoms with van der Waals surface area (Å²) in [6.45, 7) is 3.80. The number of rotatable bonds is 11. The molecule has 4 N–H and O–H groups in total. The van der Waals surface area contributed by atoms with Crippen LogP contribution in [0.3, 0.4) is 0 Å². The molecule has 9 heteroatoms. The lowest BCUT2D eigenvalue weighted by Gasteiger charge is -2.25. The van der Waals surface area contributed by atoms with Crippen molar-refractivity contribution in [1.29, 1.82) is 0 Å². The van der Waals surface area contributed by atoms with Crippen molar-refractivity contribution in [3.05, 3.63) is 56.6 Å². The Morgan fingerprint density at radius 3 is 2.55 bits per heavy atom. The largest absolute Gasteiger partial charge is 0.363 e. The van der Waals surface area contributed by atoms with Crippen molar-refractivity contribution in [2.75, 3.05) is 31.1 Å². The minimum absolute atomic E-state index is 0.553. The monoisotopic (exact) mass is 517 g/mol. The summed E-state index contributed by atoms with van der Waals surface area (Å²) in [5.74, 6) is 0.890. The van der Waals surface area contributed by atoms with Gasteiger partial charge in [0.2, 0.25) is 0 Å². The molecule has 1 heterocycles. The summed E-state index contributed by atoms with van der Waals surface area (Å²) in [6, 6.07) is 9.59. The standard InChI is InChI=1S/C20H26BrCl2N5S/c21-16-5-3-10-25-19(16)28(14-15-6-7-17(22)18(23)13-15)12-4-11-27-20(29)26-9-2-1-8-24/h3,5-7,10,13H,1-2,4,8-9,11-12,14,24H2,(H2,26,27,29). The number of pyridine rings is 1. The zero-order valence-corrected chi connectivity index (χ0v) is 20.0. The number of halogens is 3. The van der Waals surface area contributed by atoms with E-state index >= 15 is 0 Å². The van der Waals surface area contributed by atoms with E-state index in [0.717, 1.165) is 54.8 Å². The van der Waals surface area contributed by atoms with Gasteiger partial charge in [-0.25, -0.2) is 4.98 Å². The topological polar surface area (TPSA) is 66.2 Å². The highest BCUT2D eigenvalue weighted by Gasteiger charge is 2.13. The second kappa shape index (κ2) is 13.2. The molecular formula is C20H26BrCl2N5S. The molecule has 0 unspecified atom stereocenters. The summed E-state index contributed by atoms with van der Waals surface area (Å²) in [7, 11) is 0. The average Bonchev–Trinajstić information content (AvgIpc) is 2.71. The maximum Gasteiger partial charge on any atom is 0.166 e. The third kappa shape index (κ3) is 8.64. The second-order valence-corrected chi connectivity index (χ2v) is 8.59. The molecule has 1 aromatic heterocycles. The minimum Gasteiger partial charge on any atom is -0.363 e. The van der Waals surface area contributed by atoms with Crippen molar-refractivity contribution < 1.29 is 0 Å². The zero-order chi connectivity index (χ0) is 21.1. The van der Waals surface area contributed by atoms with E-state index in [0.29, 0.717) is 28.2 Å². The van der Waals surface area contributed by atoms with Crippen LogP contribution in [0.4, 0.5) is 5.82 Å². The molecule has 0 saturated heterocycles. The molecule has 0 aliphatic carbocycles. The fourth-order valence-electron chi connectivity index (χ4n) is 2.73. The number of hydrogen-bond acceptors (Lipinski definition) is 4. The van der Waals surface area contributed by atoms with Crippen LogP contribution in [-0.4, -0.2) is 36.3 Å². The molecule has 1 aromatic carbocycles. The first-order valence-corrected chi connectivity index (χ1v) is 11.5. The molecule has 2 aromatic rings. The van der Waals surface area contributed by atoms with Gasteiger partial charge in [-0.1, -0.05) is 29.3 Å². The maximum atomic E-state index is 6.18. The van der Waals surface area contributed by atoms with E-state index in [1.165, 1.54) is 0 Å². The molecule has 0 spiro atoms. The lowest BCUT2D eigenvalue weighted by molar-refractivity contribution is 0.682. The number of nitrogens with one attached hydrogen (secondary N) is 2. The zero-order valence-electron chi connectivity index (χ0n) is 16.1. The Hall–Kier alpha value is -1.12. The van der Waals surface area contributed by atoms with Crippen LogP contribution < -0.4 is 21.3 Å². The van der Waals surface area contributed by atoms with Crippen LogP contribution in [0.5, 0.6) is 0 Å². The Morgan fingerprint density at radius 2 is 1.86 bits per heavy atom. The molecule has 29 heavy (non-hydrogen) atoms. The maximum absolute atomic E-state index is 6.18. The van der Waals surface area contributed by atoms with Crippen LogP contribution in [0.15, 0.2) is 41.0 Å². The summed E-state index contributed by atoms with van der Waals surface area (Å²) >= 11 is 21.1. The van der Waals surface area contributed by atoms with Gasteiger partial charge in [0.25, 0.3) is 0 Å². The normalized spacial score (nSPS) is 10.6. The van der Waals surface area contributed by atoms with Gasteiger partial charge in [-0.15, -0.1) is 0 Å². The van der Waals surface area contributed by atoms with Gasteiger partial charge in [-0.3, -0.25) is 0 Å². The molecule has 0 saturated carbocycles. The van der Waals surface area contributed by atoms with Gasteiger partial charge in [0.1, 0.15) is 5.82 Å². The van der Waals surface area contributed by atoms with Gasteiger partial charge < -0.3 is 21.3 Å². The van der Waals surface area contributed by atoms with Gasteiger partial charge in [0.15, 0.2) is 5.11 Å². The van der Waals surface area contributed by atoms with Crippen molar-refractivity contribution >= 4 is 62.3 Å². The number of hydrogen-bond donors (Lipinski definition) is 3. The summed E-state index contributed by atoms with van der Waals surface area (Å²) in [4.78, 5) is 6.75. The quantitative estimate of drug-likeness (QED) is 0.294. The second-order valence-electron chi connectivity index (χ2n) is 6.51. The SMILES string of the molecule is NCCCCNC(=S)NCCCN(Cc1ccc(Cl)c(Cl)c1)c1ncccc1Br. The van der Waals surface area contributed by atoms with Crippen LogP contribution >= 0.6 is 51.3 Å². The van der Waals surface area contributed by atoms with Crippen LogP contribution in [0, 0.1) is 0 Å². The van der Waals surface area contributed by atoms with Crippen molar-refractivity contribution in [1.82, 2.24) is 15.6 Å². The number of unbranched alkanes of at least 4 members (excludes halogenated alkanes) is 1. The van der Waals surface area contributed by atoms with E-state index < -0.39 is 0 Å². The highest BCUT2D eigenvalue weighted by atomic mass is 79.9. The Balaban J connectivity index is 1.92. The number of aromatic nitrogens is 1. The Bertz CT molecular complexity index is 793. The summed E-state index contributed by atoms with van der Waals surface area (Å²) in [6.07, 6.45) is 4.71. The van der Waals surface area contributed by atoms with Crippen LogP contribution in [-0.2, 0) is 6.54 Å². The first kappa shape index (κ1) is 24.2. The predicted octanol–water partition coefficient (Wildman–Crippen LogP) is 4.75. The van der Waals surface area contributed by atoms with E-state index in [1.807, 2.05) is 30.3 Å².